The van der Waals surface area contributed by atoms with Crippen molar-refractivity contribution in [3.63, 3.8) is 0 Å². The van der Waals surface area contributed by atoms with Crippen molar-refractivity contribution in [1.82, 2.24) is 15.1 Å². The molecule has 1 rings (SSSR count). The fourth-order valence-electron chi connectivity index (χ4n) is 1.89. The molecule has 1 aromatic heterocycles. The predicted octanol–water partition coefficient (Wildman–Crippen LogP) is 3.09. The minimum absolute atomic E-state index is 0.578. The molecule has 0 aliphatic heterocycles. The average molecular weight is 269 g/mol. The minimum atomic E-state index is 0.578. The number of hydrogen-bond acceptors (Lipinski definition) is 3. The maximum absolute atomic E-state index is 4.57. The van der Waals surface area contributed by atoms with E-state index in [1.807, 2.05) is 11.8 Å². The van der Waals surface area contributed by atoms with Gasteiger partial charge in [-0.25, -0.2) is 0 Å². The monoisotopic (exact) mass is 269 g/mol. The molecular formula is C14H27N3S. The van der Waals surface area contributed by atoms with Gasteiger partial charge in [-0.15, -0.1) is 0 Å². The molecule has 18 heavy (non-hydrogen) atoms. The SMILES string of the molecule is CCSCCC(C)NCc1cc(CC)nn1CC. The first-order chi connectivity index (χ1) is 8.71. The zero-order valence-corrected chi connectivity index (χ0v) is 13.0. The number of rotatable bonds is 9. The first-order valence-electron chi connectivity index (χ1n) is 7.07. The van der Waals surface area contributed by atoms with Gasteiger partial charge < -0.3 is 5.32 Å². The van der Waals surface area contributed by atoms with Crippen LogP contribution in [0.1, 0.15) is 45.5 Å². The molecule has 1 N–H and O–H groups in total. The summed E-state index contributed by atoms with van der Waals surface area (Å²) >= 11 is 2.02. The first kappa shape index (κ1) is 15.6. The molecule has 0 amide bonds. The second kappa shape index (κ2) is 8.59. The molecule has 0 aliphatic rings. The van der Waals surface area contributed by atoms with Gasteiger partial charge in [-0.2, -0.15) is 16.9 Å². The third-order valence-electron chi connectivity index (χ3n) is 3.11. The summed E-state index contributed by atoms with van der Waals surface area (Å²) in [5.41, 5.74) is 2.51. The highest BCUT2D eigenvalue weighted by Crippen LogP contribution is 2.07. The van der Waals surface area contributed by atoms with Gasteiger partial charge in [0.25, 0.3) is 0 Å². The summed E-state index contributed by atoms with van der Waals surface area (Å²) in [5.74, 6) is 2.47. The van der Waals surface area contributed by atoms with Crippen LogP contribution in [0.5, 0.6) is 0 Å². The summed E-state index contributed by atoms with van der Waals surface area (Å²) in [7, 11) is 0. The second-order valence-electron chi connectivity index (χ2n) is 4.56. The number of hydrogen-bond donors (Lipinski definition) is 1. The Balaban J connectivity index is 2.39. The zero-order chi connectivity index (χ0) is 13.4. The van der Waals surface area contributed by atoms with Crippen LogP contribution in [0, 0.1) is 0 Å². The number of nitrogens with zero attached hydrogens (tertiary/aromatic N) is 2. The molecule has 0 radical (unpaired) electrons. The predicted molar refractivity (Wildman–Crippen MR) is 81.2 cm³/mol. The average Bonchev–Trinajstić information content (AvgIpc) is 2.79. The highest BCUT2D eigenvalue weighted by Gasteiger charge is 2.07. The Labute approximate surface area is 116 Å². The van der Waals surface area contributed by atoms with E-state index in [4.69, 9.17) is 0 Å². The van der Waals surface area contributed by atoms with Gasteiger partial charge in [0, 0.05) is 19.1 Å². The van der Waals surface area contributed by atoms with Crippen molar-refractivity contribution in [2.45, 2.75) is 59.7 Å². The van der Waals surface area contributed by atoms with Gasteiger partial charge in [-0.3, -0.25) is 4.68 Å². The Morgan fingerprint density at radius 3 is 2.78 bits per heavy atom. The molecule has 0 fully saturated rings. The lowest BCUT2D eigenvalue weighted by atomic mass is 10.2. The van der Waals surface area contributed by atoms with Crippen molar-refractivity contribution in [2.24, 2.45) is 0 Å². The normalized spacial score (nSPS) is 12.9. The number of aromatic nitrogens is 2. The standard InChI is InChI=1S/C14H27N3S/c1-5-13-10-14(17(6-2)16-13)11-15-12(4)8-9-18-7-3/h10,12,15H,5-9,11H2,1-4H3. The van der Waals surface area contributed by atoms with E-state index in [9.17, 15) is 0 Å². The van der Waals surface area contributed by atoms with Crippen molar-refractivity contribution in [3.8, 4) is 0 Å². The smallest absolute Gasteiger partial charge is 0.0625 e. The molecule has 1 atom stereocenters. The molecule has 4 heteroatoms. The molecule has 1 aromatic rings. The fourth-order valence-corrected chi connectivity index (χ4v) is 2.70. The largest absolute Gasteiger partial charge is 0.309 e. The lowest BCUT2D eigenvalue weighted by Crippen LogP contribution is -2.27. The molecule has 1 heterocycles. The van der Waals surface area contributed by atoms with Crippen molar-refractivity contribution in [1.29, 1.82) is 0 Å². The van der Waals surface area contributed by atoms with Crippen molar-refractivity contribution < 1.29 is 0 Å². The van der Waals surface area contributed by atoms with Crippen LogP contribution < -0.4 is 5.32 Å². The Bertz CT molecular complexity index is 336. The third-order valence-corrected chi connectivity index (χ3v) is 4.04. The Morgan fingerprint density at radius 1 is 1.39 bits per heavy atom. The molecule has 0 spiro atoms. The van der Waals surface area contributed by atoms with Crippen LogP contribution in [0.15, 0.2) is 6.07 Å². The van der Waals surface area contributed by atoms with Crippen LogP contribution in [0.2, 0.25) is 0 Å². The van der Waals surface area contributed by atoms with E-state index in [0.717, 1.165) is 19.5 Å². The molecule has 104 valence electrons. The summed E-state index contributed by atoms with van der Waals surface area (Å²) in [6, 6.07) is 2.80. The van der Waals surface area contributed by atoms with Crippen LogP contribution in [0.25, 0.3) is 0 Å². The Morgan fingerprint density at radius 2 is 2.17 bits per heavy atom. The van der Waals surface area contributed by atoms with Gasteiger partial charge in [0.15, 0.2) is 0 Å². The summed E-state index contributed by atoms with van der Waals surface area (Å²) in [5, 5.41) is 8.17. The van der Waals surface area contributed by atoms with Gasteiger partial charge >= 0.3 is 0 Å². The second-order valence-corrected chi connectivity index (χ2v) is 5.96. The quantitative estimate of drug-likeness (QED) is 0.699. The van der Waals surface area contributed by atoms with E-state index in [-0.39, 0.29) is 0 Å². The lowest BCUT2D eigenvalue weighted by Gasteiger charge is -2.13. The molecular weight excluding hydrogens is 242 g/mol. The van der Waals surface area contributed by atoms with Crippen LogP contribution in [0.3, 0.4) is 0 Å². The minimum Gasteiger partial charge on any atom is -0.309 e. The first-order valence-corrected chi connectivity index (χ1v) is 8.23. The lowest BCUT2D eigenvalue weighted by molar-refractivity contribution is 0.508. The van der Waals surface area contributed by atoms with Crippen molar-refractivity contribution in [3.05, 3.63) is 17.5 Å². The highest BCUT2D eigenvalue weighted by molar-refractivity contribution is 7.99. The molecule has 0 aromatic carbocycles. The number of aryl methyl sites for hydroxylation is 2. The summed E-state index contributed by atoms with van der Waals surface area (Å²) in [4.78, 5) is 0. The summed E-state index contributed by atoms with van der Waals surface area (Å²) < 4.78 is 2.11. The van der Waals surface area contributed by atoms with Crippen LogP contribution in [0.4, 0.5) is 0 Å². The fraction of sp³-hybridized carbons (Fsp3) is 0.786. The summed E-state index contributed by atoms with van der Waals surface area (Å²) in [6.45, 7) is 10.7. The molecule has 0 bridgehead atoms. The van der Waals surface area contributed by atoms with Gasteiger partial charge in [-0.05, 0) is 44.3 Å². The molecule has 1 unspecified atom stereocenters. The molecule has 0 aliphatic carbocycles. The van der Waals surface area contributed by atoms with E-state index >= 15 is 0 Å². The van der Waals surface area contributed by atoms with Gasteiger partial charge in [0.2, 0.25) is 0 Å². The van der Waals surface area contributed by atoms with E-state index in [1.54, 1.807) is 0 Å². The van der Waals surface area contributed by atoms with Crippen LogP contribution in [-0.4, -0.2) is 27.3 Å². The van der Waals surface area contributed by atoms with E-state index < -0.39 is 0 Å². The summed E-state index contributed by atoms with van der Waals surface area (Å²) in [6.07, 6.45) is 2.25. The van der Waals surface area contributed by atoms with E-state index in [2.05, 4.69) is 48.9 Å². The number of nitrogens with one attached hydrogen (secondary N) is 1. The molecule has 3 nitrogen and oxygen atoms in total. The van der Waals surface area contributed by atoms with E-state index in [1.165, 1.54) is 29.3 Å². The van der Waals surface area contributed by atoms with Crippen molar-refractivity contribution >= 4 is 11.8 Å². The van der Waals surface area contributed by atoms with E-state index in [0.29, 0.717) is 6.04 Å². The Hall–Kier alpha value is -0.480. The van der Waals surface area contributed by atoms with Gasteiger partial charge in [0.05, 0.1) is 11.4 Å². The maximum atomic E-state index is 4.57. The van der Waals surface area contributed by atoms with Gasteiger partial charge in [-0.1, -0.05) is 13.8 Å². The van der Waals surface area contributed by atoms with Crippen LogP contribution >= 0.6 is 11.8 Å². The highest BCUT2D eigenvalue weighted by atomic mass is 32.2. The third kappa shape index (κ3) is 5.02. The molecule has 0 saturated carbocycles. The topological polar surface area (TPSA) is 29.9 Å². The molecule has 0 saturated heterocycles. The Kier molecular flexibility index (Phi) is 7.44. The number of thioether (sulfide) groups is 1. The maximum Gasteiger partial charge on any atom is 0.0625 e. The van der Waals surface area contributed by atoms with Gasteiger partial charge in [0.1, 0.15) is 0 Å². The van der Waals surface area contributed by atoms with Crippen LogP contribution in [-0.2, 0) is 19.5 Å². The zero-order valence-electron chi connectivity index (χ0n) is 12.2. The van der Waals surface area contributed by atoms with Crippen molar-refractivity contribution in [2.75, 3.05) is 11.5 Å².